The predicted molar refractivity (Wildman–Crippen MR) is 85.7 cm³/mol. The average molecular weight is 295 g/mol. The van der Waals surface area contributed by atoms with E-state index >= 15 is 0 Å². The number of rotatable bonds is 3. The smallest absolute Gasteiger partial charge is 0.244 e. The van der Waals surface area contributed by atoms with E-state index in [4.69, 9.17) is 0 Å². The molecule has 1 aliphatic rings. The van der Waals surface area contributed by atoms with E-state index < -0.39 is 0 Å². The fourth-order valence-corrected chi connectivity index (χ4v) is 2.90. The van der Waals surface area contributed by atoms with E-state index in [-0.39, 0.29) is 17.8 Å². The first-order valence-electron chi connectivity index (χ1n) is 7.55. The van der Waals surface area contributed by atoms with Gasteiger partial charge in [-0.05, 0) is 42.5 Å². The lowest BCUT2D eigenvalue weighted by Crippen LogP contribution is -2.29. The van der Waals surface area contributed by atoms with Gasteiger partial charge in [0.05, 0.1) is 6.04 Å². The van der Waals surface area contributed by atoms with Crippen LogP contribution in [0.5, 0.6) is 0 Å². The number of fused-ring (bicyclic) bond motifs is 1. The minimum Gasteiger partial charge on any atom is -0.346 e. The number of halogens is 1. The lowest BCUT2D eigenvalue weighted by molar-refractivity contribution is -0.117. The molecule has 2 aromatic rings. The Hall–Kier alpha value is -2.42. The number of benzene rings is 2. The summed E-state index contributed by atoms with van der Waals surface area (Å²) in [6.07, 6.45) is 5.98. The van der Waals surface area contributed by atoms with E-state index in [1.807, 2.05) is 12.1 Å². The zero-order valence-electron chi connectivity index (χ0n) is 12.3. The molecule has 1 atom stereocenters. The first-order valence-corrected chi connectivity index (χ1v) is 7.55. The van der Waals surface area contributed by atoms with E-state index in [1.165, 1.54) is 29.3 Å². The third-order valence-electron chi connectivity index (χ3n) is 4.01. The quantitative estimate of drug-likeness (QED) is 0.851. The van der Waals surface area contributed by atoms with Crippen LogP contribution in [0.3, 0.4) is 0 Å². The molecular formula is C19H18FNO. The molecule has 3 rings (SSSR count). The highest BCUT2D eigenvalue weighted by atomic mass is 19.1. The largest absolute Gasteiger partial charge is 0.346 e. The molecule has 0 unspecified atom stereocenters. The fraction of sp³-hybridized carbons (Fsp3) is 0.211. The van der Waals surface area contributed by atoms with Gasteiger partial charge in [0.2, 0.25) is 5.91 Å². The van der Waals surface area contributed by atoms with Crippen molar-refractivity contribution in [3.05, 3.63) is 77.1 Å². The van der Waals surface area contributed by atoms with Crippen LogP contribution >= 0.6 is 0 Å². The Balaban J connectivity index is 1.69. The van der Waals surface area contributed by atoms with Crippen LogP contribution < -0.4 is 5.32 Å². The monoisotopic (exact) mass is 295 g/mol. The standard InChI is InChI=1S/C19H18FNO/c20-17-10-4-2-7-15(17)12-13-19(22)21-18-11-5-8-14-6-1-3-9-16(14)18/h1-4,6-7,9-10,12-13,18H,5,8,11H2,(H,21,22)/b13-12+/t18-/m0/s1. The molecule has 2 nitrogen and oxygen atoms in total. The second-order valence-corrected chi connectivity index (χ2v) is 5.51. The highest BCUT2D eigenvalue weighted by Crippen LogP contribution is 2.29. The van der Waals surface area contributed by atoms with Gasteiger partial charge in [-0.15, -0.1) is 0 Å². The lowest BCUT2D eigenvalue weighted by Gasteiger charge is -2.25. The summed E-state index contributed by atoms with van der Waals surface area (Å²) >= 11 is 0. The first kappa shape index (κ1) is 14.5. The Morgan fingerprint density at radius 1 is 1.14 bits per heavy atom. The van der Waals surface area contributed by atoms with Crippen molar-refractivity contribution in [3.8, 4) is 0 Å². The van der Waals surface area contributed by atoms with Crippen molar-refractivity contribution in [1.29, 1.82) is 0 Å². The van der Waals surface area contributed by atoms with Crippen LogP contribution in [0, 0.1) is 5.82 Å². The molecule has 0 bridgehead atoms. The third kappa shape index (κ3) is 3.25. The maximum Gasteiger partial charge on any atom is 0.244 e. The van der Waals surface area contributed by atoms with Crippen molar-refractivity contribution in [2.75, 3.05) is 0 Å². The molecule has 0 aliphatic heterocycles. The van der Waals surface area contributed by atoms with Crippen LogP contribution in [0.2, 0.25) is 0 Å². The maximum atomic E-state index is 13.5. The lowest BCUT2D eigenvalue weighted by atomic mass is 9.88. The molecule has 1 amide bonds. The molecule has 1 N–H and O–H groups in total. The minimum atomic E-state index is -0.324. The van der Waals surface area contributed by atoms with Gasteiger partial charge in [0.25, 0.3) is 0 Å². The normalized spacial score (nSPS) is 17.2. The topological polar surface area (TPSA) is 29.1 Å². The van der Waals surface area contributed by atoms with Crippen LogP contribution in [0.15, 0.2) is 54.6 Å². The molecule has 1 aliphatic carbocycles. The van der Waals surface area contributed by atoms with Crippen LogP contribution in [0.1, 0.15) is 35.6 Å². The van der Waals surface area contributed by atoms with Gasteiger partial charge in [0, 0.05) is 11.6 Å². The summed E-state index contributed by atoms with van der Waals surface area (Å²) in [7, 11) is 0. The molecule has 0 aromatic heterocycles. The van der Waals surface area contributed by atoms with Crippen LogP contribution in [0.25, 0.3) is 6.08 Å². The number of hydrogen-bond donors (Lipinski definition) is 1. The van der Waals surface area contributed by atoms with Crippen LogP contribution in [0.4, 0.5) is 4.39 Å². The molecular weight excluding hydrogens is 277 g/mol. The van der Waals surface area contributed by atoms with Crippen molar-refractivity contribution >= 4 is 12.0 Å². The summed E-state index contributed by atoms with van der Waals surface area (Å²) in [5, 5.41) is 3.02. The molecule has 2 aromatic carbocycles. The number of hydrogen-bond acceptors (Lipinski definition) is 1. The van der Waals surface area contributed by atoms with Gasteiger partial charge in [0.1, 0.15) is 5.82 Å². The Bertz CT molecular complexity index is 708. The van der Waals surface area contributed by atoms with Crippen molar-refractivity contribution < 1.29 is 9.18 Å². The molecule has 0 saturated carbocycles. The van der Waals surface area contributed by atoms with E-state index in [1.54, 1.807) is 18.2 Å². The molecule has 0 spiro atoms. The number of amides is 1. The van der Waals surface area contributed by atoms with Crippen molar-refractivity contribution in [1.82, 2.24) is 5.32 Å². The summed E-state index contributed by atoms with van der Waals surface area (Å²) in [6.45, 7) is 0. The van der Waals surface area contributed by atoms with Gasteiger partial charge < -0.3 is 5.32 Å². The van der Waals surface area contributed by atoms with Gasteiger partial charge in [-0.25, -0.2) is 4.39 Å². The second kappa shape index (κ2) is 6.56. The fourth-order valence-electron chi connectivity index (χ4n) is 2.90. The van der Waals surface area contributed by atoms with Crippen molar-refractivity contribution in [2.45, 2.75) is 25.3 Å². The Kier molecular flexibility index (Phi) is 4.33. The van der Waals surface area contributed by atoms with Crippen LogP contribution in [-0.2, 0) is 11.2 Å². The summed E-state index contributed by atoms with van der Waals surface area (Å²) < 4.78 is 13.5. The summed E-state index contributed by atoms with van der Waals surface area (Å²) in [5.74, 6) is -0.514. The van der Waals surface area contributed by atoms with E-state index in [9.17, 15) is 9.18 Å². The molecule has 112 valence electrons. The minimum absolute atomic E-state index is 0.0442. The summed E-state index contributed by atoms with van der Waals surface area (Å²) in [6, 6.07) is 14.7. The highest BCUT2D eigenvalue weighted by Gasteiger charge is 2.20. The molecule has 0 heterocycles. The SMILES string of the molecule is O=C(/C=C/c1ccccc1F)N[C@H]1CCCc2ccccc21. The third-order valence-corrected chi connectivity index (χ3v) is 4.01. The van der Waals surface area contributed by atoms with Gasteiger partial charge in [0.15, 0.2) is 0 Å². The number of aryl methyl sites for hydroxylation is 1. The molecule has 0 saturated heterocycles. The van der Waals surface area contributed by atoms with Crippen molar-refractivity contribution in [2.24, 2.45) is 0 Å². The zero-order valence-corrected chi connectivity index (χ0v) is 12.3. The Labute approximate surface area is 129 Å². The molecule has 0 fully saturated rings. The van der Waals surface area contributed by atoms with Gasteiger partial charge in [-0.2, -0.15) is 0 Å². The van der Waals surface area contributed by atoms with Crippen molar-refractivity contribution in [3.63, 3.8) is 0 Å². The Morgan fingerprint density at radius 2 is 1.91 bits per heavy atom. The molecule has 22 heavy (non-hydrogen) atoms. The highest BCUT2D eigenvalue weighted by molar-refractivity contribution is 5.92. The van der Waals surface area contributed by atoms with E-state index in [0.717, 1.165) is 19.3 Å². The average Bonchev–Trinajstić information content (AvgIpc) is 2.54. The molecule has 3 heteroatoms. The predicted octanol–water partition coefficient (Wildman–Crippen LogP) is 4.03. The van der Waals surface area contributed by atoms with Gasteiger partial charge in [-0.1, -0.05) is 42.5 Å². The Morgan fingerprint density at radius 3 is 2.77 bits per heavy atom. The summed E-state index contributed by atoms with van der Waals surface area (Å²) in [5.41, 5.74) is 2.92. The maximum absolute atomic E-state index is 13.5. The second-order valence-electron chi connectivity index (χ2n) is 5.51. The zero-order chi connectivity index (χ0) is 15.4. The number of carbonyl (C=O) groups is 1. The number of carbonyl (C=O) groups excluding carboxylic acids is 1. The van der Waals surface area contributed by atoms with Gasteiger partial charge >= 0.3 is 0 Å². The number of nitrogens with one attached hydrogen (secondary N) is 1. The molecule has 0 radical (unpaired) electrons. The first-order chi connectivity index (χ1) is 10.7. The van der Waals surface area contributed by atoms with E-state index in [0.29, 0.717) is 5.56 Å². The van der Waals surface area contributed by atoms with Crippen LogP contribution in [-0.4, -0.2) is 5.91 Å². The van der Waals surface area contributed by atoms with Gasteiger partial charge in [-0.3, -0.25) is 4.79 Å². The summed E-state index contributed by atoms with van der Waals surface area (Å²) in [4.78, 5) is 12.1. The van der Waals surface area contributed by atoms with E-state index in [2.05, 4.69) is 17.4 Å².